The first-order chi connectivity index (χ1) is 17.0. The Labute approximate surface area is 202 Å². The fourth-order valence-corrected chi connectivity index (χ4v) is 5.78. The molecule has 1 unspecified atom stereocenters. The van der Waals surface area contributed by atoms with Crippen LogP contribution >= 0.6 is 0 Å². The van der Waals surface area contributed by atoms with Crippen molar-refractivity contribution >= 4 is 5.82 Å². The normalized spacial score (nSPS) is 20.3. The fourth-order valence-electron chi connectivity index (χ4n) is 5.78. The van der Waals surface area contributed by atoms with Crippen LogP contribution in [-0.4, -0.2) is 24.5 Å². The molecule has 178 valence electrons. The lowest BCUT2D eigenvalue weighted by molar-refractivity contribution is 0.227. The van der Waals surface area contributed by atoms with Crippen LogP contribution in [0.4, 0.5) is 10.2 Å². The van der Waals surface area contributed by atoms with Crippen molar-refractivity contribution < 1.29 is 9.13 Å². The van der Waals surface area contributed by atoms with Crippen LogP contribution < -0.4 is 10.5 Å². The average molecular weight is 471 g/mol. The molecule has 8 heteroatoms. The number of nitrogens with zero attached hydrogens (tertiary/aromatic N) is 5. The van der Waals surface area contributed by atoms with Gasteiger partial charge in [0.1, 0.15) is 11.9 Å². The highest BCUT2D eigenvalue weighted by atomic mass is 19.1. The second-order valence-electron chi connectivity index (χ2n) is 10.1. The Morgan fingerprint density at radius 1 is 1.14 bits per heavy atom. The zero-order valence-corrected chi connectivity index (χ0v) is 19.8. The van der Waals surface area contributed by atoms with E-state index in [4.69, 9.17) is 20.7 Å². The van der Waals surface area contributed by atoms with Gasteiger partial charge in [0, 0.05) is 59.7 Å². The summed E-state index contributed by atoms with van der Waals surface area (Å²) in [5.41, 5.74) is 14.3. The van der Waals surface area contributed by atoms with Crippen LogP contribution in [0.1, 0.15) is 60.6 Å². The lowest BCUT2D eigenvalue weighted by Crippen LogP contribution is -2.11. The van der Waals surface area contributed by atoms with Gasteiger partial charge >= 0.3 is 0 Å². The van der Waals surface area contributed by atoms with Crippen molar-refractivity contribution in [2.45, 2.75) is 51.2 Å². The SMILES string of the molecule is C[C@H]1Oc2cc(cnc2N)-c2c3c(nn2CC2CC2)CCC3c2cn(C)nc2-c2ccc(F)cc21. The Hall–Kier alpha value is -3.68. The number of pyridine rings is 1. The van der Waals surface area contributed by atoms with Crippen LogP contribution in [0.25, 0.3) is 22.5 Å². The van der Waals surface area contributed by atoms with Crippen molar-refractivity contribution in [1.29, 1.82) is 0 Å². The van der Waals surface area contributed by atoms with Crippen molar-refractivity contribution in [1.82, 2.24) is 24.5 Å². The zero-order valence-electron chi connectivity index (χ0n) is 19.8. The van der Waals surface area contributed by atoms with E-state index in [2.05, 4.69) is 15.9 Å². The number of fused-ring (bicyclic) bond motifs is 7. The van der Waals surface area contributed by atoms with E-state index in [-0.39, 0.29) is 11.7 Å². The van der Waals surface area contributed by atoms with E-state index in [9.17, 15) is 4.39 Å². The molecule has 0 spiro atoms. The molecule has 35 heavy (non-hydrogen) atoms. The number of hydrogen-bond donors (Lipinski definition) is 1. The molecule has 2 atom stereocenters. The van der Waals surface area contributed by atoms with Gasteiger partial charge in [0.15, 0.2) is 11.6 Å². The number of aryl methyl sites for hydroxylation is 2. The molecule has 1 saturated carbocycles. The van der Waals surface area contributed by atoms with Gasteiger partial charge in [0.2, 0.25) is 0 Å². The molecule has 7 rings (SSSR count). The maximum Gasteiger partial charge on any atom is 0.166 e. The quantitative estimate of drug-likeness (QED) is 0.445. The number of rotatable bonds is 2. The minimum absolute atomic E-state index is 0.145. The molecule has 1 aromatic carbocycles. The second kappa shape index (κ2) is 7.41. The van der Waals surface area contributed by atoms with Gasteiger partial charge in [-0.05, 0) is 62.8 Å². The lowest BCUT2D eigenvalue weighted by Gasteiger charge is -2.22. The zero-order chi connectivity index (χ0) is 23.8. The molecular weight excluding hydrogens is 443 g/mol. The molecule has 3 aromatic heterocycles. The smallest absolute Gasteiger partial charge is 0.166 e. The first-order valence-corrected chi connectivity index (χ1v) is 12.3. The van der Waals surface area contributed by atoms with Gasteiger partial charge in [-0.15, -0.1) is 0 Å². The summed E-state index contributed by atoms with van der Waals surface area (Å²) in [6, 6.07) is 6.82. The lowest BCUT2D eigenvalue weighted by atomic mass is 9.88. The van der Waals surface area contributed by atoms with Crippen molar-refractivity contribution in [3.8, 4) is 28.3 Å². The fraction of sp³-hybridized carbons (Fsp3) is 0.370. The largest absolute Gasteiger partial charge is 0.482 e. The molecule has 4 heterocycles. The standard InChI is InChI=1S/C27H27FN6O/c1-14-20-10-17(28)5-6-19(20)25-21(13-33(2)32-25)18-7-8-22-24(18)26(34(31-22)12-15-3-4-15)16-9-23(35-14)27(29)30-11-16/h5-6,9-11,13-15,18H,3-4,7-8,12H2,1-2H3,(H2,29,30)/t14-,18?/m1/s1. The maximum absolute atomic E-state index is 14.4. The number of ether oxygens (including phenoxy) is 1. The highest BCUT2D eigenvalue weighted by Crippen LogP contribution is 2.48. The van der Waals surface area contributed by atoms with Crippen LogP contribution in [0.2, 0.25) is 0 Å². The molecule has 1 aliphatic heterocycles. The monoisotopic (exact) mass is 470 g/mol. The summed E-state index contributed by atoms with van der Waals surface area (Å²) in [4.78, 5) is 4.50. The first kappa shape index (κ1) is 20.7. The third-order valence-electron chi connectivity index (χ3n) is 7.61. The molecule has 4 aromatic rings. The van der Waals surface area contributed by atoms with E-state index in [1.807, 2.05) is 37.0 Å². The Kier molecular flexibility index (Phi) is 4.38. The minimum Gasteiger partial charge on any atom is -0.482 e. The van der Waals surface area contributed by atoms with E-state index in [0.717, 1.165) is 58.7 Å². The summed E-state index contributed by atoms with van der Waals surface area (Å²) in [6.45, 7) is 2.82. The summed E-state index contributed by atoms with van der Waals surface area (Å²) < 4.78 is 24.8. The Morgan fingerprint density at radius 2 is 2.00 bits per heavy atom. The molecule has 2 bridgehead atoms. The summed E-state index contributed by atoms with van der Waals surface area (Å²) >= 11 is 0. The maximum atomic E-state index is 14.4. The van der Waals surface area contributed by atoms with Crippen molar-refractivity contribution in [2.24, 2.45) is 13.0 Å². The molecule has 2 N–H and O–H groups in total. The molecule has 2 aliphatic carbocycles. The number of halogens is 1. The third-order valence-corrected chi connectivity index (χ3v) is 7.61. The summed E-state index contributed by atoms with van der Waals surface area (Å²) in [6.07, 6.45) is 7.85. The second-order valence-corrected chi connectivity index (χ2v) is 10.1. The molecule has 0 amide bonds. The van der Waals surface area contributed by atoms with Gasteiger partial charge in [-0.1, -0.05) is 0 Å². The molecule has 0 saturated heterocycles. The first-order valence-electron chi connectivity index (χ1n) is 12.3. The summed E-state index contributed by atoms with van der Waals surface area (Å²) in [5, 5.41) is 9.95. The van der Waals surface area contributed by atoms with Gasteiger partial charge in [-0.3, -0.25) is 9.36 Å². The summed E-state index contributed by atoms with van der Waals surface area (Å²) in [7, 11) is 1.94. The molecule has 7 nitrogen and oxygen atoms in total. The highest BCUT2D eigenvalue weighted by molar-refractivity contribution is 5.74. The van der Waals surface area contributed by atoms with E-state index in [1.54, 1.807) is 0 Å². The number of nitrogen functional groups attached to an aromatic ring is 1. The van der Waals surface area contributed by atoms with Crippen LogP contribution in [-0.2, 0) is 20.0 Å². The van der Waals surface area contributed by atoms with Crippen LogP contribution in [0, 0.1) is 11.7 Å². The number of anilines is 1. The number of aromatic nitrogens is 5. The topological polar surface area (TPSA) is 83.8 Å². The van der Waals surface area contributed by atoms with Crippen LogP contribution in [0.15, 0.2) is 36.7 Å². The minimum atomic E-state index is -0.454. The number of nitrogens with two attached hydrogens (primary N) is 1. The molecule has 1 fully saturated rings. The van der Waals surface area contributed by atoms with Crippen molar-refractivity contribution in [3.05, 3.63) is 64.9 Å². The van der Waals surface area contributed by atoms with E-state index >= 15 is 0 Å². The van der Waals surface area contributed by atoms with Crippen molar-refractivity contribution in [3.63, 3.8) is 0 Å². The molecule has 3 aliphatic rings. The van der Waals surface area contributed by atoms with Gasteiger partial charge in [0.05, 0.1) is 17.1 Å². The van der Waals surface area contributed by atoms with Gasteiger partial charge in [-0.2, -0.15) is 10.2 Å². The van der Waals surface area contributed by atoms with Crippen LogP contribution in [0.3, 0.4) is 0 Å². The number of hydrogen-bond acceptors (Lipinski definition) is 5. The Morgan fingerprint density at radius 3 is 2.83 bits per heavy atom. The van der Waals surface area contributed by atoms with Crippen LogP contribution in [0.5, 0.6) is 5.75 Å². The Bertz CT molecular complexity index is 1480. The molecule has 0 radical (unpaired) electrons. The Balaban J connectivity index is 1.53. The van der Waals surface area contributed by atoms with Gasteiger partial charge < -0.3 is 10.5 Å². The predicted octanol–water partition coefficient (Wildman–Crippen LogP) is 5.01. The molecular formula is C27H27FN6O. The van der Waals surface area contributed by atoms with Gasteiger partial charge in [0.25, 0.3) is 0 Å². The number of benzene rings is 1. The average Bonchev–Trinajstić information content (AvgIpc) is 3.26. The van der Waals surface area contributed by atoms with E-state index in [1.165, 1.54) is 30.5 Å². The van der Waals surface area contributed by atoms with E-state index < -0.39 is 6.10 Å². The summed E-state index contributed by atoms with van der Waals surface area (Å²) in [5.74, 6) is 1.33. The van der Waals surface area contributed by atoms with E-state index in [0.29, 0.717) is 17.5 Å². The predicted molar refractivity (Wildman–Crippen MR) is 130 cm³/mol. The third kappa shape index (κ3) is 3.26. The van der Waals surface area contributed by atoms with Gasteiger partial charge in [-0.25, -0.2) is 9.37 Å². The van der Waals surface area contributed by atoms with Crippen molar-refractivity contribution in [2.75, 3.05) is 5.73 Å². The highest BCUT2D eigenvalue weighted by Gasteiger charge is 2.37.